The van der Waals surface area contributed by atoms with Crippen LogP contribution in [0.4, 0.5) is 0 Å². The van der Waals surface area contributed by atoms with Crippen LogP contribution in [0.25, 0.3) is 0 Å². The average Bonchev–Trinajstić information content (AvgIpc) is 2.87. The van der Waals surface area contributed by atoms with Gasteiger partial charge >= 0.3 is 0 Å². The highest BCUT2D eigenvalue weighted by molar-refractivity contribution is 9.10. The molecular formula is C15H19BrN2O2. The van der Waals surface area contributed by atoms with E-state index < -0.39 is 0 Å². The number of likely N-dealkylation sites (tertiary alicyclic amines) is 1. The van der Waals surface area contributed by atoms with Gasteiger partial charge in [0.15, 0.2) is 0 Å². The van der Waals surface area contributed by atoms with Gasteiger partial charge in [0.25, 0.3) is 0 Å². The zero-order valence-corrected chi connectivity index (χ0v) is 13.2. The summed E-state index contributed by atoms with van der Waals surface area (Å²) in [6.07, 6.45) is 1.84. The van der Waals surface area contributed by atoms with E-state index in [1.807, 2.05) is 0 Å². The summed E-state index contributed by atoms with van der Waals surface area (Å²) in [5.74, 6) is 1.39. The molecule has 2 aliphatic heterocycles. The van der Waals surface area contributed by atoms with Crippen molar-refractivity contribution in [2.75, 3.05) is 19.7 Å². The highest BCUT2D eigenvalue weighted by Crippen LogP contribution is 2.34. The number of oxime groups is 1. The van der Waals surface area contributed by atoms with E-state index in [4.69, 9.17) is 9.94 Å². The van der Waals surface area contributed by atoms with Crippen LogP contribution in [-0.4, -0.2) is 35.5 Å². The lowest BCUT2D eigenvalue weighted by Gasteiger charge is -2.31. The molecule has 0 aromatic heterocycles. The van der Waals surface area contributed by atoms with Gasteiger partial charge < -0.3 is 9.94 Å². The van der Waals surface area contributed by atoms with E-state index in [2.05, 4.69) is 45.0 Å². The third kappa shape index (κ3) is 2.69. The van der Waals surface area contributed by atoms with Gasteiger partial charge in [-0.05, 0) is 17.7 Å². The van der Waals surface area contributed by atoms with Gasteiger partial charge in [0.05, 0.1) is 12.3 Å². The molecule has 1 N–H and O–H groups in total. The first kappa shape index (κ1) is 13.9. The minimum absolute atomic E-state index is 0.315. The molecule has 1 fully saturated rings. The second-order valence-electron chi connectivity index (χ2n) is 5.63. The summed E-state index contributed by atoms with van der Waals surface area (Å²) in [6.45, 7) is 5.66. The summed E-state index contributed by atoms with van der Waals surface area (Å²) in [5, 5.41) is 12.3. The summed E-state index contributed by atoms with van der Waals surface area (Å²) in [7, 11) is 0. The van der Waals surface area contributed by atoms with Crippen LogP contribution in [0.2, 0.25) is 0 Å². The van der Waals surface area contributed by atoms with E-state index in [9.17, 15) is 0 Å². The molecule has 4 nitrogen and oxygen atoms in total. The van der Waals surface area contributed by atoms with Crippen molar-refractivity contribution in [2.24, 2.45) is 11.1 Å². The molecule has 108 valence electrons. The number of hydrogen-bond acceptors (Lipinski definition) is 4. The van der Waals surface area contributed by atoms with Crippen LogP contribution >= 0.6 is 15.9 Å². The van der Waals surface area contributed by atoms with Crippen molar-refractivity contribution in [1.82, 2.24) is 4.90 Å². The molecule has 1 unspecified atom stereocenters. The van der Waals surface area contributed by atoms with E-state index in [-0.39, 0.29) is 0 Å². The number of halogens is 1. The second kappa shape index (κ2) is 5.74. The Hall–Kier alpha value is -1.07. The Kier molecular flexibility index (Phi) is 3.98. The lowest BCUT2D eigenvalue weighted by atomic mass is 9.97. The van der Waals surface area contributed by atoms with Gasteiger partial charge in [-0.15, -0.1) is 0 Å². The Labute approximate surface area is 127 Å². The molecule has 1 atom stereocenters. The van der Waals surface area contributed by atoms with Crippen molar-refractivity contribution in [3.63, 3.8) is 0 Å². The zero-order valence-electron chi connectivity index (χ0n) is 11.6. The van der Waals surface area contributed by atoms with Crippen LogP contribution in [0.5, 0.6) is 5.75 Å². The van der Waals surface area contributed by atoms with Crippen molar-refractivity contribution < 1.29 is 9.94 Å². The summed E-state index contributed by atoms with van der Waals surface area (Å²) >= 11 is 3.59. The molecule has 0 saturated carbocycles. The minimum atomic E-state index is 0.315. The normalized spacial score (nSPS) is 24.7. The maximum absolute atomic E-state index is 8.94. The summed E-state index contributed by atoms with van der Waals surface area (Å²) < 4.78 is 6.91. The molecule has 0 aliphatic carbocycles. The van der Waals surface area contributed by atoms with Crippen molar-refractivity contribution in [2.45, 2.75) is 26.3 Å². The van der Waals surface area contributed by atoms with Crippen molar-refractivity contribution in [3.8, 4) is 5.75 Å². The zero-order chi connectivity index (χ0) is 14.1. The quantitative estimate of drug-likeness (QED) is 0.665. The highest BCUT2D eigenvalue weighted by atomic mass is 79.9. The molecule has 2 heterocycles. The van der Waals surface area contributed by atoms with E-state index in [0.29, 0.717) is 5.92 Å². The Morgan fingerprint density at radius 2 is 2.30 bits per heavy atom. The van der Waals surface area contributed by atoms with Crippen LogP contribution < -0.4 is 4.74 Å². The third-order valence-corrected chi connectivity index (χ3v) is 4.59. The Morgan fingerprint density at radius 1 is 1.45 bits per heavy atom. The van der Waals surface area contributed by atoms with Crippen LogP contribution in [0.1, 0.15) is 24.5 Å². The van der Waals surface area contributed by atoms with Gasteiger partial charge in [-0.2, -0.15) is 0 Å². The van der Waals surface area contributed by atoms with E-state index in [1.165, 1.54) is 11.1 Å². The molecule has 0 spiro atoms. The van der Waals surface area contributed by atoms with Crippen molar-refractivity contribution >= 4 is 21.6 Å². The minimum Gasteiger partial charge on any atom is -0.493 e. The number of hydrogen-bond donors (Lipinski definition) is 1. The molecular weight excluding hydrogens is 320 g/mol. The average molecular weight is 339 g/mol. The molecule has 20 heavy (non-hydrogen) atoms. The Bertz CT molecular complexity index is 545. The molecule has 0 amide bonds. The van der Waals surface area contributed by atoms with Crippen LogP contribution in [0.3, 0.4) is 0 Å². The first-order valence-electron chi connectivity index (χ1n) is 7.04. The SMILES string of the molecule is CC1CN(Cc2cc(Br)cc3c2OCC3)CC/C1=N\O. The number of nitrogens with zero attached hydrogens (tertiary/aromatic N) is 2. The maximum atomic E-state index is 8.94. The van der Waals surface area contributed by atoms with E-state index >= 15 is 0 Å². The third-order valence-electron chi connectivity index (χ3n) is 4.13. The monoisotopic (exact) mass is 338 g/mol. The van der Waals surface area contributed by atoms with E-state index in [1.54, 1.807) is 0 Å². The smallest absolute Gasteiger partial charge is 0.127 e. The Balaban J connectivity index is 1.76. The number of rotatable bonds is 2. The van der Waals surface area contributed by atoms with E-state index in [0.717, 1.165) is 55.0 Å². The van der Waals surface area contributed by atoms with Gasteiger partial charge in [0.1, 0.15) is 5.75 Å². The first-order chi connectivity index (χ1) is 9.67. The molecule has 1 saturated heterocycles. The van der Waals surface area contributed by atoms with Crippen LogP contribution in [-0.2, 0) is 13.0 Å². The fourth-order valence-electron chi connectivity index (χ4n) is 3.10. The topological polar surface area (TPSA) is 45.1 Å². The van der Waals surface area contributed by atoms with Gasteiger partial charge in [0, 0.05) is 48.4 Å². The fourth-order valence-corrected chi connectivity index (χ4v) is 3.65. The predicted octanol–water partition coefficient (Wildman–Crippen LogP) is 3.06. The number of piperidine rings is 1. The molecule has 3 rings (SSSR count). The number of fused-ring (bicyclic) bond motifs is 1. The molecule has 2 aliphatic rings. The van der Waals surface area contributed by atoms with Crippen molar-refractivity contribution in [1.29, 1.82) is 0 Å². The lowest BCUT2D eigenvalue weighted by Crippen LogP contribution is -2.39. The highest BCUT2D eigenvalue weighted by Gasteiger charge is 2.25. The van der Waals surface area contributed by atoms with Crippen LogP contribution in [0, 0.1) is 5.92 Å². The molecule has 1 aromatic carbocycles. The molecule has 1 aromatic rings. The molecule has 5 heteroatoms. The summed E-state index contributed by atoms with van der Waals surface area (Å²) in [6, 6.07) is 4.31. The van der Waals surface area contributed by atoms with Crippen LogP contribution in [0.15, 0.2) is 21.8 Å². The fraction of sp³-hybridized carbons (Fsp3) is 0.533. The molecule has 0 bridgehead atoms. The first-order valence-corrected chi connectivity index (χ1v) is 7.84. The molecule has 0 radical (unpaired) electrons. The van der Waals surface area contributed by atoms with Gasteiger partial charge in [-0.25, -0.2) is 0 Å². The Morgan fingerprint density at radius 3 is 3.05 bits per heavy atom. The summed E-state index contributed by atoms with van der Waals surface area (Å²) in [4.78, 5) is 2.41. The predicted molar refractivity (Wildman–Crippen MR) is 81.6 cm³/mol. The standard InChI is InChI=1S/C15H19BrN2O2/c1-10-8-18(4-2-14(10)17-19)9-12-7-13(16)6-11-3-5-20-15(11)12/h6-7,10,19H,2-5,8-9H2,1H3/b17-14+. The summed E-state index contributed by atoms with van der Waals surface area (Å²) in [5.41, 5.74) is 3.47. The van der Waals surface area contributed by atoms with Gasteiger partial charge in [-0.1, -0.05) is 28.0 Å². The maximum Gasteiger partial charge on any atom is 0.127 e. The lowest BCUT2D eigenvalue weighted by molar-refractivity contribution is 0.225. The van der Waals surface area contributed by atoms with Crippen molar-refractivity contribution in [3.05, 3.63) is 27.7 Å². The second-order valence-corrected chi connectivity index (χ2v) is 6.54. The number of ether oxygens (including phenoxy) is 1. The van der Waals surface area contributed by atoms with Gasteiger partial charge in [0.2, 0.25) is 0 Å². The largest absolute Gasteiger partial charge is 0.493 e. The van der Waals surface area contributed by atoms with Gasteiger partial charge in [-0.3, -0.25) is 4.90 Å². The number of benzene rings is 1.